The second-order valence-corrected chi connectivity index (χ2v) is 5.57. The van der Waals surface area contributed by atoms with Crippen molar-refractivity contribution in [2.24, 2.45) is 0 Å². The molecule has 1 unspecified atom stereocenters. The van der Waals surface area contributed by atoms with E-state index in [0.717, 1.165) is 6.42 Å². The molecule has 0 aliphatic heterocycles. The van der Waals surface area contributed by atoms with Gasteiger partial charge in [-0.3, -0.25) is 0 Å². The van der Waals surface area contributed by atoms with E-state index in [4.69, 9.17) is 0 Å². The molecule has 18 heavy (non-hydrogen) atoms. The van der Waals surface area contributed by atoms with Crippen LogP contribution in [0.2, 0.25) is 0 Å². The van der Waals surface area contributed by atoms with Crippen molar-refractivity contribution >= 4 is 10.9 Å². The smallest absolute Gasteiger partial charge is 0.0553 e. The highest BCUT2D eigenvalue weighted by Crippen LogP contribution is 2.34. The van der Waals surface area contributed by atoms with E-state index < -0.39 is 0 Å². The lowest BCUT2D eigenvalue weighted by Gasteiger charge is -2.13. The summed E-state index contributed by atoms with van der Waals surface area (Å²) < 4.78 is 2.44. The number of hydrogen-bond donors (Lipinski definition) is 1. The predicted octanol–water partition coefficient (Wildman–Crippen LogP) is 3.68. The van der Waals surface area contributed by atoms with Crippen LogP contribution >= 0.6 is 0 Å². The minimum absolute atomic E-state index is 0.271. The molecule has 1 N–H and O–H groups in total. The number of aliphatic hydroxyl groups is 1. The van der Waals surface area contributed by atoms with E-state index in [2.05, 4.69) is 35.0 Å². The van der Waals surface area contributed by atoms with Crippen LogP contribution in [0.25, 0.3) is 10.9 Å². The second kappa shape index (κ2) is 4.77. The van der Waals surface area contributed by atoms with E-state index in [1.54, 1.807) is 0 Å². The first-order valence-corrected chi connectivity index (χ1v) is 7.02. The summed E-state index contributed by atoms with van der Waals surface area (Å²) >= 11 is 0. The molecule has 1 fully saturated rings. The van der Waals surface area contributed by atoms with Crippen LogP contribution in [0.5, 0.6) is 0 Å². The molecule has 1 saturated carbocycles. The summed E-state index contributed by atoms with van der Waals surface area (Å²) in [6, 6.07) is 9.25. The van der Waals surface area contributed by atoms with E-state index in [9.17, 15) is 5.11 Å². The van der Waals surface area contributed by atoms with Gasteiger partial charge in [0.1, 0.15) is 0 Å². The highest BCUT2D eigenvalue weighted by atomic mass is 16.3. The maximum absolute atomic E-state index is 9.63. The zero-order chi connectivity index (χ0) is 12.5. The third-order valence-corrected chi connectivity index (χ3v) is 4.06. The largest absolute Gasteiger partial charge is 0.393 e. The summed E-state index contributed by atoms with van der Waals surface area (Å²) in [7, 11) is 0. The summed E-state index contributed by atoms with van der Waals surface area (Å²) in [4.78, 5) is 0. The average Bonchev–Trinajstić information content (AvgIpc) is 2.96. The van der Waals surface area contributed by atoms with Gasteiger partial charge in [-0.25, -0.2) is 0 Å². The summed E-state index contributed by atoms with van der Waals surface area (Å²) in [6.45, 7) is 1.86. The van der Waals surface area contributed by atoms with Crippen LogP contribution in [-0.2, 0) is 6.42 Å². The first-order valence-electron chi connectivity index (χ1n) is 7.02. The molecule has 0 spiro atoms. The second-order valence-electron chi connectivity index (χ2n) is 5.57. The van der Waals surface area contributed by atoms with Gasteiger partial charge in [-0.2, -0.15) is 0 Å². The predicted molar refractivity (Wildman–Crippen MR) is 74.8 cm³/mol. The van der Waals surface area contributed by atoms with E-state index >= 15 is 0 Å². The Morgan fingerprint density at radius 1 is 1.28 bits per heavy atom. The molecule has 1 atom stereocenters. The normalized spacial score (nSPS) is 18.6. The molecule has 1 aliphatic carbocycles. The van der Waals surface area contributed by atoms with Gasteiger partial charge in [0.15, 0.2) is 0 Å². The highest BCUT2D eigenvalue weighted by molar-refractivity contribution is 5.84. The Labute approximate surface area is 108 Å². The number of para-hydroxylation sites is 1. The van der Waals surface area contributed by atoms with Crippen molar-refractivity contribution in [1.29, 1.82) is 0 Å². The molecule has 0 amide bonds. The minimum atomic E-state index is -0.271. The lowest BCUT2D eigenvalue weighted by molar-refractivity contribution is 0.196. The topological polar surface area (TPSA) is 25.2 Å². The summed E-state index contributed by atoms with van der Waals surface area (Å²) in [5.74, 6) is 0. The summed E-state index contributed by atoms with van der Waals surface area (Å²) in [5.41, 5.74) is 2.62. The lowest BCUT2D eigenvalue weighted by Crippen LogP contribution is -2.04. The minimum Gasteiger partial charge on any atom is -0.393 e. The Kier molecular flexibility index (Phi) is 3.13. The molecule has 96 valence electrons. The van der Waals surface area contributed by atoms with E-state index in [-0.39, 0.29) is 6.10 Å². The lowest BCUT2D eigenvalue weighted by atomic mass is 10.1. The third-order valence-electron chi connectivity index (χ3n) is 4.06. The van der Waals surface area contributed by atoms with Crippen molar-refractivity contribution in [3.05, 3.63) is 36.0 Å². The van der Waals surface area contributed by atoms with Crippen LogP contribution in [0.4, 0.5) is 0 Å². The Morgan fingerprint density at radius 3 is 2.72 bits per heavy atom. The van der Waals surface area contributed by atoms with Crippen molar-refractivity contribution in [1.82, 2.24) is 4.57 Å². The van der Waals surface area contributed by atoms with E-state index in [1.165, 1.54) is 42.1 Å². The third kappa shape index (κ3) is 2.05. The SMILES string of the molecule is CC(O)Cc1cn(C2CCCC2)c2ccccc12. The van der Waals surface area contributed by atoms with Gasteiger partial charge in [0, 0.05) is 29.6 Å². The molecule has 0 radical (unpaired) electrons. The van der Waals surface area contributed by atoms with Crippen LogP contribution in [0.1, 0.15) is 44.2 Å². The van der Waals surface area contributed by atoms with Gasteiger partial charge in [0.2, 0.25) is 0 Å². The Hall–Kier alpha value is -1.28. The number of aromatic nitrogens is 1. The molecule has 3 rings (SSSR count). The fraction of sp³-hybridized carbons (Fsp3) is 0.500. The van der Waals surface area contributed by atoms with Crippen LogP contribution in [-0.4, -0.2) is 15.8 Å². The molecular formula is C16H21NO. The fourth-order valence-electron chi connectivity index (χ4n) is 3.24. The number of rotatable bonds is 3. The standard InChI is InChI=1S/C16H21NO/c1-12(18)10-13-11-17(14-6-2-3-7-14)16-9-5-4-8-15(13)16/h4-5,8-9,11-12,14,18H,2-3,6-7,10H2,1H3. The van der Waals surface area contributed by atoms with Crippen molar-refractivity contribution < 1.29 is 5.11 Å². The summed E-state index contributed by atoms with van der Waals surface area (Å²) in [5, 5.41) is 10.9. The van der Waals surface area contributed by atoms with Gasteiger partial charge < -0.3 is 9.67 Å². The van der Waals surface area contributed by atoms with Gasteiger partial charge in [0.05, 0.1) is 6.10 Å². The van der Waals surface area contributed by atoms with Crippen LogP contribution < -0.4 is 0 Å². The Morgan fingerprint density at radius 2 is 2.00 bits per heavy atom. The van der Waals surface area contributed by atoms with Gasteiger partial charge in [-0.05, 0) is 31.4 Å². The molecule has 1 aromatic carbocycles. The molecular weight excluding hydrogens is 222 g/mol. The zero-order valence-corrected chi connectivity index (χ0v) is 11.0. The van der Waals surface area contributed by atoms with Gasteiger partial charge in [0.25, 0.3) is 0 Å². The summed E-state index contributed by atoms with van der Waals surface area (Å²) in [6.07, 6.45) is 8.05. The molecule has 1 aliphatic rings. The number of aliphatic hydroxyl groups excluding tert-OH is 1. The fourth-order valence-corrected chi connectivity index (χ4v) is 3.24. The van der Waals surface area contributed by atoms with Crippen LogP contribution in [0, 0.1) is 0 Å². The number of hydrogen-bond acceptors (Lipinski definition) is 1. The monoisotopic (exact) mass is 243 g/mol. The van der Waals surface area contributed by atoms with Gasteiger partial charge >= 0.3 is 0 Å². The number of fused-ring (bicyclic) bond motifs is 1. The van der Waals surface area contributed by atoms with Crippen LogP contribution in [0.3, 0.4) is 0 Å². The average molecular weight is 243 g/mol. The van der Waals surface area contributed by atoms with Gasteiger partial charge in [-0.15, -0.1) is 0 Å². The molecule has 0 saturated heterocycles. The van der Waals surface area contributed by atoms with E-state index in [0.29, 0.717) is 6.04 Å². The first kappa shape index (κ1) is 11.8. The molecule has 2 nitrogen and oxygen atoms in total. The van der Waals surface area contributed by atoms with Gasteiger partial charge in [-0.1, -0.05) is 31.0 Å². The van der Waals surface area contributed by atoms with Crippen molar-refractivity contribution in [2.45, 2.75) is 51.2 Å². The number of benzene rings is 1. The maximum Gasteiger partial charge on any atom is 0.0553 e. The Bertz CT molecular complexity index is 535. The highest BCUT2D eigenvalue weighted by Gasteiger charge is 2.20. The van der Waals surface area contributed by atoms with Crippen LogP contribution in [0.15, 0.2) is 30.5 Å². The molecule has 0 bridgehead atoms. The zero-order valence-electron chi connectivity index (χ0n) is 11.0. The van der Waals surface area contributed by atoms with Crippen molar-refractivity contribution in [3.63, 3.8) is 0 Å². The molecule has 2 aromatic rings. The molecule has 1 heterocycles. The van der Waals surface area contributed by atoms with E-state index in [1.807, 2.05) is 6.92 Å². The van der Waals surface area contributed by atoms with Crippen molar-refractivity contribution in [2.75, 3.05) is 0 Å². The quantitative estimate of drug-likeness (QED) is 0.874. The Balaban J connectivity index is 2.07. The molecule has 1 aromatic heterocycles. The maximum atomic E-state index is 9.63. The van der Waals surface area contributed by atoms with Crippen molar-refractivity contribution in [3.8, 4) is 0 Å². The number of nitrogens with zero attached hydrogens (tertiary/aromatic N) is 1. The molecule has 2 heteroatoms. The first-order chi connectivity index (χ1) is 8.75.